The van der Waals surface area contributed by atoms with E-state index in [1.54, 1.807) is 29.9 Å². The molecule has 3 N–H and O–H groups in total. The van der Waals surface area contributed by atoms with E-state index in [4.69, 9.17) is 0 Å². The van der Waals surface area contributed by atoms with Gasteiger partial charge in [0.2, 0.25) is 17.7 Å². The van der Waals surface area contributed by atoms with Gasteiger partial charge in [0.25, 0.3) is 5.91 Å². The van der Waals surface area contributed by atoms with E-state index < -0.39 is 29.7 Å². The normalized spacial score (nSPS) is 22.9. The standard InChI is InChI=1S/C34H46FN7O4/c1-5-28(43)38-30(34(46)41-17-23-16-24(18-41)40(23)4)19(3)22-11-12-26(25(35)15-22)37-33(45)31(29(20-7-8-20)21-9-10-21)39-32(44)27-13-14-36-42(27)6-2/h11-15,19-21,23-24,29-31H,5-10,16-18H2,1-4H3,(H,37,45)(H,38,43)(H,39,44)/t19-,23-,24+,30+,31-/m0/s1. The maximum absolute atomic E-state index is 15.7. The third-order valence-corrected chi connectivity index (χ3v) is 10.6. The van der Waals surface area contributed by atoms with E-state index in [1.165, 1.54) is 12.1 Å². The number of carbonyl (C=O) groups excluding carboxylic acids is 4. The minimum Gasteiger partial charge on any atom is -0.344 e. The fourth-order valence-corrected chi connectivity index (χ4v) is 7.39. The van der Waals surface area contributed by atoms with E-state index in [0.717, 1.165) is 32.1 Å². The van der Waals surface area contributed by atoms with E-state index in [0.29, 0.717) is 54.8 Å². The van der Waals surface area contributed by atoms with Gasteiger partial charge in [-0.15, -0.1) is 0 Å². The highest BCUT2D eigenvalue weighted by atomic mass is 19.1. The Morgan fingerprint density at radius 2 is 1.65 bits per heavy atom. The van der Waals surface area contributed by atoms with Crippen LogP contribution in [0.15, 0.2) is 30.5 Å². The van der Waals surface area contributed by atoms with Crippen LogP contribution in [0.1, 0.15) is 81.3 Å². The van der Waals surface area contributed by atoms with Crippen LogP contribution in [-0.4, -0.2) is 87.5 Å². The number of likely N-dealkylation sites (N-methyl/N-ethyl adjacent to an activating group) is 1. The van der Waals surface area contributed by atoms with Crippen molar-refractivity contribution < 1.29 is 23.6 Å². The molecule has 5 atom stereocenters. The summed E-state index contributed by atoms with van der Waals surface area (Å²) in [4.78, 5) is 57.4. The zero-order valence-electron chi connectivity index (χ0n) is 27.2. The van der Waals surface area contributed by atoms with E-state index in [-0.39, 0.29) is 35.7 Å². The number of benzene rings is 1. The predicted octanol–water partition coefficient (Wildman–Crippen LogP) is 3.13. The van der Waals surface area contributed by atoms with Gasteiger partial charge in [0.1, 0.15) is 23.6 Å². The molecule has 12 heteroatoms. The molecule has 0 unspecified atom stereocenters. The van der Waals surface area contributed by atoms with Gasteiger partial charge in [-0.2, -0.15) is 5.10 Å². The first kappa shape index (κ1) is 32.2. The van der Waals surface area contributed by atoms with Gasteiger partial charge in [0, 0.05) is 50.3 Å². The predicted molar refractivity (Wildman–Crippen MR) is 170 cm³/mol. The molecule has 2 saturated carbocycles. The van der Waals surface area contributed by atoms with Crippen LogP contribution in [0.25, 0.3) is 0 Å². The SMILES string of the molecule is CCC(=O)N[C@@H](C(=O)N1C[C@H]2C[C@@H](C1)N2C)[C@@H](C)c1ccc(NC(=O)[C@@H](NC(=O)c2ccnn2CC)C(C2CC2)C2CC2)c(F)c1. The van der Waals surface area contributed by atoms with Crippen LogP contribution in [-0.2, 0) is 20.9 Å². The number of aromatic nitrogens is 2. The Hall–Kier alpha value is -3.80. The molecule has 2 bridgehead atoms. The van der Waals surface area contributed by atoms with E-state index >= 15 is 4.39 Å². The van der Waals surface area contributed by atoms with E-state index in [9.17, 15) is 19.2 Å². The van der Waals surface area contributed by atoms with Gasteiger partial charge in [-0.25, -0.2) is 4.39 Å². The van der Waals surface area contributed by atoms with Crippen molar-refractivity contribution >= 4 is 29.3 Å². The number of carbonyl (C=O) groups is 4. The van der Waals surface area contributed by atoms with Gasteiger partial charge in [0.05, 0.1) is 5.69 Å². The van der Waals surface area contributed by atoms with Crippen LogP contribution in [0.4, 0.5) is 10.1 Å². The number of nitrogens with one attached hydrogen (secondary N) is 3. The Kier molecular flexibility index (Phi) is 9.18. The van der Waals surface area contributed by atoms with Crippen LogP contribution >= 0.6 is 0 Å². The van der Waals surface area contributed by atoms with Crippen LogP contribution in [0.5, 0.6) is 0 Å². The smallest absolute Gasteiger partial charge is 0.270 e. The van der Waals surface area contributed by atoms with Gasteiger partial charge >= 0.3 is 0 Å². The molecule has 3 aliphatic heterocycles. The molecule has 2 aromatic rings. The first-order valence-corrected chi connectivity index (χ1v) is 16.8. The Morgan fingerprint density at radius 1 is 0.978 bits per heavy atom. The van der Waals surface area contributed by atoms with Gasteiger partial charge in [-0.3, -0.25) is 28.8 Å². The molecule has 2 aliphatic carbocycles. The largest absolute Gasteiger partial charge is 0.344 e. The van der Waals surface area contributed by atoms with Crippen LogP contribution < -0.4 is 16.0 Å². The van der Waals surface area contributed by atoms with Crippen LogP contribution in [0.2, 0.25) is 0 Å². The van der Waals surface area contributed by atoms with Crippen LogP contribution in [0.3, 0.4) is 0 Å². The second-order valence-corrected chi connectivity index (χ2v) is 13.6. The second-order valence-electron chi connectivity index (χ2n) is 13.6. The Labute approximate surface area is 269 Å². The third kappa shape index (κ3) is 6.54. The molecule has 11 nitrogen and oxygen atoms in total. The number of piperidine rings is 1. The molecule has 46 heavy (non-hydrogen) atoms. The van der Waals surface area contributed by atoms with Gasteiger partial charge < -0.3 is 20.9 Å². The zero-order chi connectivity index (χ0) is 32.7. The highest BCUT2D eigenvalue weighted by molar-refractivity contribution is 6.01. The molecule has 3 saturated heterocycles. The fourth-order valence-electron chi connectivity index (χ4n) is 7.39. The Balaban J connectivity index is 1.19. The molecule has 0 radical (unpaired) electrons. The summed E-state index contributed by atoms with van der Waals surface area (Å²) >= 11 is 0. The molecule has 7 rings (SSSR count). The number of hydrogen-bond acceptors (Lipinski definition) is 6. The summed E-state index contributed by atoms with van der Waals surface area (Å²) in [7, 11) is 2.07. The number of hydrogen-bond donors (Lipinski definition) is 3. The van der Waals surface area contributed by atoms with Gasteiger partial charge in [-0.1, -0.05) is 19.9 Å². The first-order chi connectivity index (χ1) is 22.1. The van der Waals surface area contributed by atoms with Gasteiger partial charge in [0.15, 0.2) is 0 Å². The highest BCUT2D eigenvalue weighted by Gasteiger charge is 2.49. The summed E-state index contributed by atoms with van der Waals surface area (Å²) < 4.78 is 17.3. The highest BCUT2D eigenvalue weighted by Crippen LogP contribution is 2.51. The molecule has 1 aromatic heterocycles. The van der Waals surface area contributed by atoms with Gasteiger partial charge in [-0.05, 0) is 87.6 Å². The summed E-state index contributed by atoms with van der Waals surface area (Å²) in [6, 6.07) is 5.13. The molecule has 248 valence electrons. The summed E-state index contributed by atoms with van der Waals surface area (Å²) in [5.74, 6) is -1.70. The number of aryl methyl sites for hydroxylation is 1. The molecule has 4 heterocycles. The fraction of sp³-hybridized carbons (Fsp3) is 0.618. The molecule has 4 amide bonds. The minimum atomic E-state index is -0.843. The lowest BCUT2D eigenvalue weighted by molar-refractivity contribution is -0.146. The summed E-state index contributed by atoms with van der Waals surface area (Å²) in [5, 5.41) is 12.8. The molecule has 1 aromatic carbocycles. The number of fused-ring (bicyclic) bond motifs is 2. The van der Waals surface area contributed by atoms with Crippen molar-refractivity contribution in [3.05, 3.63) is 47.5 Å². The lowest BCUT2D eigenvalue weighted by Gasteiger charge is -2.55. The topological polar surface area (TPSA) is 129 Å². The van der Waals surface area contributed by atoms with Crippen molar-refractivity contribution in [1.29, 1.82) is 0 Å². The molecular formula is C34H46FN7O4. The molecule has 0 spiro atoms. The van der Waals surface area contributed by atoms with Crippen molar-refractivity contribution in [2.24, 2.45) is 17.8 Å². The van der Waals surface area contributed by atoms with Crippen LogP contribution in [0, 0.1) is 23.6 Å². The number of rotatable bonds is 13. The minimum absolute atomic E-state index is 0.00349. The zero-order valence-corrected chi connectivity index (χ0v) is 27.2. The average Bonchev–Trinajstić information content (AvgIpc) is 4.02. The molecule has 5 aliphatic rings. The van der Waals surface area contributed by atoms with E-state index in [1.807, 2.05) is 18.7 Å². The number of piperazine rings is 1. The van der Waals surface area contributed by atoms with Crippen molar-refractivity contribution in [2.45, 2.75) is 95.9 Å². The maximum atomic E-state index is 15.7. The van der Waals surface area contributed by atoms with Crippen molar-refractivity contribution in [3.8, 4) is 0 Å². The van der Waals surface area contributed by atoms with Crippen molar-refractivity contribution in [3.63, 3.8) is 0 Å². The molecular weight excluding hydrogens is 589 g/mol. The third-order valence-electron chi connectivity index (χ3n) is 10.6. The molecule has 5 fully saturated rings. The van der Waals surface area contributed by atoms with E-state index in [2.05, 4.69) is 33.0 Å². The Morgan fingerprint density at radius 3 is 2.22 bits per heavy atom. The van der Waals surface area contributed by atoms with Crippen molar-refractivity contribution in [2.75, 3.05) is 25.5 Å². The lowest BCUT2D eigenvalue weighted by Crippen LogP contribution is -2.69. The maximum Gasteiger partial charge on any atom is 0.270 e. The first-order valence-electron chi connectivity index (χ1n) is 16.8. The monoisotopic (exact) mass is 635 g/mol. The summed E-state index contributed by atoms with van der Waals surface area (Å²) in [6.45, 7) is 7.17. The quantitative estimate of drug-likeness (QED) is 0.310. The lowest BCUT2D eigenvalue weighted by atomic mass is 9.86. The summed E-state index contributed by atoms with van der Waals surface area (Å²) in [6.07, 6.45) is 6.90. The number of amides is 4. The number of halogens is 1. The average molecular weight is 636 g/mol. The van der Waals surface area contributed by atoms with Crippen molar-refractivity contribution in [1.82, 2.24) is 30.2 Å². The number of anilines is 1. The number of nitrogens with zero attached hydrogens (tertiary/aromatic N) is 4. The second kappa shape index (κ2) is 13.1. The summed E-state index contributed by atoms with van der Waals surface area (Å²) in [5.41, 5.74) is 0.919. The Bertz CT molecular complexity index is 1460.